The molecule has 3 N–H and O–H groups in total. The van der Waals surface area contributed by atoms with Crippen molar-refractivity contribution >= 4 is 17.9 Å². The van der Waals surface area contributed by atoms with Crippen LogP contribution in [0.1, 0.15) is 19.8 Å². The Morgan fingerprint density at radius 2 is 2.10 bits per heavy atom. The number of aliphatic carboxylic acids is 1. The van der Waals surface area contributed by atoms with Crippen LogP contribution in [-0.2, 0) is 14.3 Å². The fraction of sp³-hybridized carbons (Fsp3) is 0.750. The first-order valence-electron chi connectivity index (χ1n) is 6.65. The fourth-order valence-corrected chi connectivity index (χ4v) is 1.82. The lowest BCUT2D eigenvalue weighted by atomic mass is 10.2. The molecule has 1 aliphatic heterocycles. The molecule has 0 aliphatic carbocycles. The largest absolute Gasteiger partial charge is 0.481 e. The van der Waals surface area contributed by atoms with Crippen LogP contribution in [0.5, 0.6) is 0 Å². The van der Waals surface area contributed by atoms with E-state index < -0.39 is 12.1 Å². The molecule has 0 aromatic rings. The Bertz CT molecular complexity index is 361. The number of urea groups is 1. The highest BCUT2D eigenvalue weighted by molar-refractivity contribution is 5.84. The summed E-state index contributed by atoms with van der Waals surface area (Å²) in [5, 5.41) is 13.9. The number of nitrogens with zero attached hydrogens (tertiary/aromatic N) is 1. The molecule has 0 bridgehead atoms. The van der Waals surface area contributed by atoms with Crippen LogP contribution in [0, 0.1) is 0 Å². The van der Waals surface area contributed by atoms with Crippen molar-refractivity contribution in [3.05, 3.63) is 0 Å². The zero-order valence-electron chi connectivity index (χ0n) is 11.6. The zero-order valence-corrected chi connectivity index (χ0v) is 11.6. The predicted molar refractivity (Wildman–Crippen MR) is 70.3 cm³/mol. The van der Waals surface area contributed by atoms with Crippen molar-refractivity contribution < 1.29 is 24.2 Å². The number of nitrogens with one attached hydrogen (secondary N) is 2. The summed E-state index contributed by atoms with van der Waals surface area (Å²) in [7, 11) is 0. The van der Waals surface area contributed by atoms with Gasteiger partial charge in [-0.25, -0.2) is 4.79 Å². The normalized spacial score (nSPS) is 18.4. The second kappa shape index (κ2) is 8.36. The van der Waals surface area contributed by atoms with E-state index in [1.165, 1.54) is 4.90 Å². The van der Waals surface area contributed by atoms with E-state index in [0.29, 0.717) is 19.7 Å². The van der Waals surface area contributed by atoms with Gasteiger partial charge < -0.3 is 25.4 Å². The van der Waals surface area contributed by atoms with Crippen molar-refractivity contribution in [2.24, 2.45) is 0 Å². The summed E-state index contributed by atoms with van der Waals surface area (Å²) in [6.45, 7) is 3.34. The number of rotatable bonds is 6. The molecule has 0 radical (unpaired) electrons. The second-order valence-electron chi connectivity index (χ2n) is 4.55. The predicted octanol–water partition coefficient (Wildman–Crippen LogP) is -0.602. The topological polar surface area (TPSA) is 108 Å². The van der Waals surface area contributed by atoms with Crippen molar-refractivity contribution in [2.45, 2.75) is 25.9 Å². The first-order valence-corrected chi connectivity index (χ1v) is 6.65. The molecule has 1 atom stereocenters. The Balaban J connectivity index is 2.31. The van der Waals surface area contributed by atoms with Gasteiger partial charge in [0, 0.05) is 19.6 Å². The summed E-state index contributed by atoms with van der Waals surface area (Å²) >= 11 is 0. The maximum Gasteiger partial charge on any atom is 0.318 e. The molecular weight excluding hydrogens is 266 g/mol. The number of carbonyl (C=O) groups excluding carboxylic acids is 2. The van der Waals surface area contributed by atoms with E-state index >= 15 is 0 Å². The maximum absolute atomic E-state index is 11.8. The highest BCUT2D eigenvalue weighted by atomic mass is 16.5. The average Bonchev–Trinajstić information content (AvgIpc) is 2.42. The van der Waals surface area contributed by atoms with Crippen LogP contribution in [0.3, 0.4) is 0 Å². The van der Waals surface area contributed by atoms with E-state index in [0.717, 1.165) is 6.42 Å². The van der Waals surface area contributed by atoms with Crippen LogP contribution in [0.15, 0.2) is 0 Å². The van der Waals surface area contributed by atoms with Gasteiger partial charge in [-0.05, 0) is 6.42 Å². The fourth-order valence-electron chi connectivity index (χ4n) is 1.82. The number of carboxylic acids is 1. The van der Waals surface area contributed by atoms with Crippen molar-refractivity contribution in [1.82, 2.24) is 15.5 Å². The Kier molecular flexibility index (Phi) is 6.78. The molecule has 8 heteroatoms. The minimum atomic E-state index is -0.962. The lowest BCUT2D eigenvalue weighted by Gasteiger charge is -2.32. The van der Waals surface area contributed by atoms with E-state index in [9.17, 15) is 14.4 Å². The highest BCUT2D eigenvalue weighted by Crippen LogP contribution is 2.08. The molecule has 0 aromatic heterocycles. The summed E-state index contributed by atoms with van der Waals surface area (Å²) in [5.74, 6) is -1.20. The molecule has 1 saturated heterocycles. The molecule has 0 spiro atoms. The third-order valence-electron chi connectivity index (χ3n) is 2.80. The van der Waals surface area contributed by atoms with Gasteiger partial charge in [-0.1, -0.05) is 6.92 Å². The van der Waals surface area contributed by atoms with Gasteiger partial charge in [-0.15, -0.1) is 0 Å². The molecular formula is C12H21N3O5. The molecule has 0 aromatic carbocycles. The Morgan fingerprint density at radius 1 is 1.35 bits per heavy atom. The van der Waals surface area contributed by atoms with E-state index in [4.69, 9.17) is 9.84 Å². The van der Waals surface area contributed by atoms with Gasteiger partial charge >= 0.3 is 12.0 Å². The Hall–Kier alpha value is -1.83. The number of ether oxygens (including phenoxy) is 1. The molecule has 114 valence electrons. The van der Waals surface area contributed by atoms with Crippen molar-refractivity contribution in [2.75, 3.05) is 32.8 Å². The number of hydrogen-bond donors (Lipinski definition) is 3. The van der Waals surface area contributed by atoms with Gasteiger partial charge in [-0.2, -0.15) is 0 Å². The van der Waals surface area contributed by atoms with E-state index in [1.807, 2.05) is 6.92 Å². The zero-order chi connectivity index (χ0) is 15.0. The lowest BCUT2D eigenvalue weighted by molar-refractivity contribution is -0.141. The van der Waals surface area contributed by atoms with Crippen LogP contribution in [0.2, 0.25) is 0 Å². The van der Waals surface area contributed by atoms with E-state index in [-0.39, 0.29) is 31.4 Å². The second-order valence-corrected chi connectivity index (χ2v) is 4.55. The molecule has 1 aliphatic rings. The summed E-state index contributed by atoms with van der Waals surface area (Å²) < 4.78 is 5.27. The van der Waals surface area contributed by atoms with Crippen molar-refractivity contribution in [1.29, 1.82) is 0 Å². The van der Waals surface area contributed by atoms with Crippen molar-refractivity contribution in [3.63, 3.8) is 0 Å². The van der Waals surface area contributed by atoms with Gasteiger partial charge in [0.1, 0.15) is 0 Å². The molecule has 8 nitrogen and oxygen atoms in total. The molecule has 0 saturated carbocycles. The average molecular weight is 287 g/mol. The monoisotopic (exact) mass is 287 g/mol. The number of morpholine rings is 1. The summed E-state index contributed by atoms with van der Waals surface area (Å²) in [4.78, 5) is 35.3. The smallest absolute Gasteiger partial charge is 0.318 e. The lowest BCUT2D eigenvalue weighted by Crippen LogP contribution is -2.51. The van der Waals surface area contributed by atoms with Gasteiger partial charge in [0.25, 0.3) is 0 Å². The van der Waals surface area contributed by atoms with Crippen LogP contribution < -0.4 is 10.6 Å². The van der Waals surface area contributed by atoms with Gasteiger partial charge in [-0.3, -0.25) is 9.59 Å². The molecule has 3 amide bonds. The number of carboxylic acid groups (broad SMARTS) is 1. The molecule has 1 fully saturated rings. The summed E-state index contributed by atoms with van der Waals surface area (Å²) in [5.41, 5.74) is 0. The maximum atomic E-state index is 11.8. The number of hydrogen-bond acceptors (Lipinski definition) is 4. The van der Waals surface area contributed by atoms with E-state index in [2.05, 4.69) is 10.6 Å². The Morgan fingerprint density at radius 3 is 2.75 bits per heavy atom. The van der Waals surface area contributed by atoms with Crippen LogP contribution in [0.4, 0.5) is 4.79 Å². The molecule has 1 heterocycles. The van der Waals surface area contributed by atoms with Crippen LogP contribution in [-0.4, -0.2) is 66.8 Å². The first-order chi connectivity index (χ1) is 9.52. The molecule has 1 rings (SSSR count). The third kappa shape index (κ3) is 5.87. The van der Waals surface area contributed by atoms with Gasteiger partial charge in [0.05, 0.1) is 25.7 Å². The quantitative estimate of drug-likeness (QED) is 0.604. The number of amides is 3. The van der Waals surface area contributed by atoms with E-state index in [1.54, 1.807) is 0 Å². The van der Waals surface area contributed by atoms with Gasteiger partial charge in [0.15, 0.2) is 0 Å². The van der Waals surface area contributed by atoms with Crippen LogP contribution in [0.25, 0.3) is 0 Å². The first kappa shape index (κ1) is 16.2. The highest BCUT2D eigenvalue weighted by Gasteiger charge is 2.25. The Labute approximate surface area is 117 Å². The standard InChI is InChI=1S/C12H21N3O5/c1-2-3-13-10(16)7-14-12(19)15-4-5-20-9(8-15)6-11(17)18/h9H,2-8H2,1H3,(H,13,16)(H,14,19)(H,17,18). The van der Waals surface area contributed by atoms with Crippen molar-refractivity contribution in [3.8, 4) is 0 Å². The number of carbonyl (C=O) groups is 3. The van der Waals surface area contributed by atoms with Crippen LogP contribution >= 0.6 is 0 Å². The summed E-state index contributed by atoms with van der Waals surface area (Å²) in [6.07, 6.45) is 0.196. The SMILES string of the molecule is CCCNC(=O)CNC(=O)N1CCOC(CC(=O)O)C1. The minimum Gasteiger partial charge on any atom is -0.481 e. The third-order valence-corrected chi connectivity index (χ3v) is 2.80. The molecule has 1 unspecified atom stereocenters. The molecule has 20 heavy (non-hydrogen) atoms. The van der Waals surface area contributed by atoms with Gasteiger partial charge in [0.2, 0.25) is 5.91 Å². The summed E-state index contributed by atoms with van der Waals surface area (Å²) in [6, 6.07) is -0.379. The minimum absolute atomic E-state index is 0.0835.